The highest BCUT2D eigenvalue weighted by atomic mass is 16.7. The number of carbonyl (C=O) groups excluding carboxylic acids is 1. The first-order valence-electron chi connectivity index (χ1n) is 5.93. The van der Waals surface area contributed by atoms with E-state index in [-0.39, 0.29) is 19.2 Å². The van der Waals surface area contributed by atoms with Gasteiger partial charge in [0.2, 0.25) is 6.79 Å². The number of fused-ring (bicyclic) bond motifs is 1. The Morgan fingerprint density at radius 3 is 2.58 bits per heavy atom. The second-order valence-electron chi connectivity index (χ2n) is 5.24. The Kier molecular flexibility index (Phi) is 3.34. The molecule has 5 heteroatoms. The standard InChI is InChI=1S/C14H15NO4/c1-14(2,3)19-13(16)6-9-4-11-12(18-8-17-11)5-10(9)7-15/h4-5H,6,8H2,1-3H3. The molecule has 100 valence electrons. The van der Waals surface area contributed by atoms with Gasteiger partial charge in [0.05, 0.1) is 18.1 Å². The molecule has 1 aliphatic rings. The maximum Gasteiger partial charge on any atom is 0.310 e. The van der Waals surface area contributed by atoms with Gasteiger partial charge >= 0.3 is 5.97 Å². The molecule has 0 spiro atoms. The lowest BCUT2D eigenvalue weighted by Gasteiger charge is -2.19. The van der Waals surface area contributed by atoms with Crippen LogP contribution in [0.15, 0.2) is 12.1 Å². The van der Waals surface area contributed by atoms with Crippen molar-refractivity contribution >= 4 is 5.97 Å². The summed E-state index contributed by atoms with van der Waals surface area (Å²) in [5.41, 5.74) is 0.441. The molecule has 1 aromatic rings. The third kappa shape index (κ3) is 3.16. The van der Waals surface area contributed by atoms with Crippen LogP contribution >= 0.6 is 0 Å². The molecule has 1 aromatic carbocycles. The molecule has 1 aliphatic heterocycles. The van der Waals surface area contributed by atoms with Crippen LogP contribution in [0, 0.1) is 11.3 Å². The zero-order chi connectivity index (χ0) is 14.0. The predicted octanol–water partition coefficient (Wildman–Crippen LogP) is 2.17. The topological polar surface area (TPSA) is 68.6 Å². The first kappa shape index (κ1) is 13.2. The van der Waals surface area contributed by atoms with E-state index >= 15 is 0 Å². The molecule has 0 aliphatic carbocycles. The first-order valence-corrected chi connectivity index (χ1v) is 5.93. The lowest BCUT2D eigenvalue weighted by molar-refractivity contribution is -0.153. The lowest BCUT2D eigenvalue weighted by Crippen LogP contribution is -2.25. The maximum absolute atomic E-state index is 11.8. The van der Waals surface area contributed by atoms with Gasteiger partial charge in [-0.25, -0.2) is 0 Å². The van der Waals surface area contributed by atoms with Crippen LogP contribution in [0.25, 0.3) is 0 Å². The average molecular weight is 261 g/mol. The largest absolute Gasteiger partial charge is 0.460 e. The van der Waals surface area contributed by atoms with E-state index in [0.29, 0.717) is 22.6 Å². The molecule has 0 atom stereocenters. The molecule has 19 heavy (non-hydrogen) atoms. The summed E-state index contributed by atoms with van der Waals surface area (Å²) in [5, 5.41) is 9.10. The minimum Gasteiger partial charge on any atom is -0.460 e. The fraction of sp³-hybridized carbons (Fsp3) is 0.429. The van der Waals surface area contributed by atoms with Gasteiger partial charge in [0, 0.05) is 6.07 Å². The van der Waals surface area contributed by atoms with Crippen LogP contribution in [0.2, 0.25) is 0 Å². The van der Waals surface area contributed by atoms with Gasteiger partial charge in [-0.15, -0.1) is 0 Å². The van der Waals surface area contributed by atoms with Gasteiger partial charge in [-0.05, 0) is 32.4 Å². The van der Waals surface area contributed by atoms with Crippen molar-refractivity contribution in [3.63, 3.8) is 0 Å². The number of benzene rings is 1. The summed E-state index contributed by atoms with van der Waals surface area (Å²) < 4.78 is 15.7. The van der Waals surface area contributed by atoms with Crippen molar-refractivity contribution in [2.45, 2.75) is 32.8 Å². The van der Waals surface area contributed by atoms with Gasteiger partial charge in [0.15, 0.2) is 11.5 Å². The Labute approximate surface area is 111 Å². The monoisotopic (exact) mass is 261 g/mol. The second-order valence-corrected chi connectivity index (χ2v) is 5.24. The van der Waals surface area contributed by atoms with E-state index < -0.39 is 5.60 Å². The average Bonchev–Trinajstić information content (AvgIpc) is 2.72. The summed E-state index contributed by atoms with van der Waals surface area (Å²) in [4.78, 5) is 11.8. The van der Waals surface area contributed by atoms with Gasteiger partial charge in [0.25, 0.3) is 0 Å². The zero-order valence-electron chi connectivity index (χ0n) is 11.1. The van der Waals surface area contributed by atoms with E-state index in [1.165, 1.54) is 0 Å². The van der Waals surface area contributed by atoms with E-state index in [9.17, 15) is 4.79 Å². The van der Waals surface area contributed by atoms with Gasteiger partial charge in [-0.1, -0.05) is 0 Å². The molecule has 0 N–H and O–H groups in total. The van der Waals surface area contributed by atoms with E-state index in [0.717, 1.165) is 0 Å². The molecular formula is C14H15NO4. The fourth-order valence-corrected chi connectivity index (χ4v) is 1.77. The van der Waals surface area contributed by atoms with Crippen molar-refractivity contribution in [1.29, 1.82) is 5.26 Å². The smallest absolute Gasteiger partial charge is 0.310 e. The zero-order valence-corrected chi connectivity index (χ0v) is 11.1. The van der Waals surface area contributed by atoms with Crippen LogP contribution in [0.1, 0.15) is 31.9 Å². The summed E-state index contributed by atoms with van der Waals surface area (Å²) in [6.07, 6.45) is 0.0385. The highest BCUT2D eigenvalue weighted by Gasteiger charge is 2.21. The molecule has 0 amide bonds. The SMILES string of the molecule is CC(C)(C)OC(=O)Cc1cc2c(cc1C#N)OCO2. The van der Waals surface area contributed by atoms with Crippen molar-refractivity contribution in [3.8, 4) is 17.6 Å². The number of hydrogen-bond donors (Lipinski definition) is 0. The number of hydrogen-bond acceptors (Lipinski definition) is 5. The molecule has 1 heterocycles. The Balaban J connectivity index is 2.21. The summed E-state index contributed by atoms with van der Waals surface area (Å²) in [7, 11) is 0. The predicted molar refractivity (Wildman–Crippen MR) is 66.8 cm³/mol. The van der Waals surface area contributed by atoms with E-state index in [2.05, 4.69) is 6.07 Å². The molecule has 0 bridgehead atoms. The Bertz CT molecular complexity index is 552. The van der Waals surface area contributed by atoms with Crippen LogP contribution in [-0.2, 0) is 16.0 Å². The highest BCUT2D eigenvalue weighted by Crippen LogP contribution is 2.34. The Morgan fingerprint density at radius 2 is 2.00 bits per heavy atom. The molecule has 0 aromatic heterocycles. The third-order valence-electron chi connectivity index (χ3n) is 2.47. The molecular weight excluding hydrogens is 246 g/mol. The van der Waals surface area contributed by atoms with Crippen LogP contribution in [0.3, 0.4) is 0 Å². The fourth-order valence-electron chi connectivity index (χ4n) is 1.77. The number of ether oxygens (including phenoxy) is 3. The second kappa shape index (κ2) is 4.81. The minimum atomic E-state index is -0.541. The summed E-state index contributed by atoms with van der Waals surface area (Å²) in [5.74, 6) is 0.713. The summed E-state index contributed by atoms with van der Waals surface area (Å²) in [6.45, 7) is 5.54. The van der Waals surface area contributed by atoms with Gasteiger partial charge in [0.1, 0.15) is 5.60 Å². The summed E-state index contributed by atoms with van der Waals surface area (Å²) >= 11 is 0. The number of esters is 1. The highest BCUT2D eigenvalue weighted by molar-refractivity contribution is 5.74. The van der Waals surface area contributed by atoms with E-state index in [1.807, 2.05) is 0 Å². The number of nitrogens with zero attached hydrogens (tertiary/aromatic N) is 1. The minimum absolute atomic E-state index is 0.0385. The van der Waals surface area contributed by atoms with Gasteiger partial charge in [-0.2, -0.15) is 5.26 Å². The Morgan fingerprint density at radius 1 is 1.37 bits per heavy atom. The lowest BCUT2D eigenvalue weighted by atomic mass is 10.0. The molecule has 2 rings (SSSR count). The normalized spacial score (nSPS) is 12.9. The molecule has 0 radical (unpaired) electrons. The van der Waals surface area contributed by atoms with Crippen molar-refractivity contribution < 1.29 is 19.0 Å². The van der Waals surface area contributed by atoms with Gasteiger partial charge in [-0.3, -0.25) is 4.79 Å². The Hall–Kier alpha value is -2.22. The van der Waals surface area contributed by atoms with Crippen molar-refractivity contribution in [3.05, 3.63) is 23.3 Å². The molecule has 0 fully saturated rings. The molecule has 5 nitrogen and oxygen atoms in total. The van der Waals surface area contributed by atoms with Crippen molar-refractivity contribution in [1.82, 2.24) is 0 Å². The third-order valence-corrected chi connectivity index (χ3v) is 2.47. The first-order chi connectivity index (χ1) is 8.89. The van der Waals surface area contributed by atoms with Crippen molar-refractivity contribution in [2.75, 3.05) is 6.79 Å². The maximum atomic E-state index is 11.8. The van der Waals surface area contributed by atoms with E-state index in [1.54, 1.807) is 32.9 Å². The number of carbonyl (C=O) groups is 1. The number of nitriles is 1. The number of rotatable bonds is 2. The molecule has 0 saturated carbocycles. The molecule has 0 saturated heterocycles. The van der Waals surface area contributed by atoms with Crippen LogP contribution < -0.4 is 9.47 Å². The molecule has 0 unspecified atom stereocenters. The quantitative estimate of drug-likeness (QED) is 0.763. The van der Waals surface area contributed by atoms with Gasteiger partial charge < -0.3 is 14.2 Å². The van der Waals surface area contributed by atoms with Crippen LogP contribution in [0.5, 0.6) is 11.5 Å². The van der Waals surface area contributed by atoms with Crippen LogP contribution in [-0.4, -0.2) is 18.4 Å². The van der Waals surface area contributed by atoms with Crippen molar-refractivity contribution in [2.24, 2.45) is 0 Å². The summed E-state index contributed by atoms with van der Waals surface area (Å²) in [6, 6.07) is 5.29. The van der Waals surface area contributed by atoms with E-state index in [4.69, 9.17) is 19.5 Å². The van der Waals surface area contributed by atoms with Crippen LogP contribution in [0.4, 0.5) is 0 Å².